The van der Waals surface area contributed by atoms with E-state index in [-0.39, 0.29) is 18.0 Å². The van der Waals surface area contributed by atoms with E-state index < -0.39 is 0 Å². The van der Waals surface area contributed by atoms with Crippen molar-refractivity contribution in [3.63, 3.8) is 0 Å². The van der Waals surface area contributed by atoms with Crippen LogP contribution in [0.1, 0.15) is 54.5 Å². The van der Waals surface area contributed by atoms with E-state index in [0.29, 0.717) is 23.7 Å². The van der Waals surface area contributed by atoms with E-state index in [2.05, 4.69) is 35.1 Å². The number of amides is 1. The summed E-state index contributed by atoms with van der Waals surface area (Å²) in [4.78, 5) is 19.0. The van der Waals surface area contributed by atoms with Crippen LogP contribution in [0.15, 0.2) is 47.4 Å². The summed E-state index contributed by atoms with van der Waals surface area (Å²) >= 11 is 1.41. The molecule has 3 heterocycles. The minimum absolute atomic E-state index is 0.00705. The van der Waals surface area contributed by atoms with Crippen LogP contribution in [-0.2, 0) is 0 Å². The highest BCUT2D eigenvalue weighted by atomic mass is 32.1. The number of nitrogens with one attached hydrogen (secondary N) is 1. The Bertz CT molecular complexity index is 1040. The lowest BCUT2D eigenvalue weighted by atomic mass is 9.92. The maximum Gasteiger partial charge on any atom is 0.270 e. The van der Waals surface area contributed by atoms with Gasteiger partial charge in [0.25, 0.3) is 5.91 Å². The predicted molar refractivity (Wildman–Crippen MR) is 115 cm³/mol. The van der Waals surface area contributed by atoms with Crippen LogP contribution in [0, 0.1) is 11.3 Å². The van der Waals surface area contributed by atoms with Crippen molar-refractivity contribution in [1.82, 2.24) is 25.0 Å². The monoisotopic (exact) mass is 420 g/mol. The van der Waals surface area contributed by atoms with Crippen LogP contribution in [0.25, 0.3) is 5.69 Å². The molecule has 1 fully saturated rings. The first-order valence-corrected chi connectivity index (χ1v) is 11.0. The fourth-order valence-corrected chi connectivity index (χ4v) is 4.55. The first kappa shape index (κ1) is 20.3. The van der Waals surface area contributed by atoms with Gasteiger partial charge in [-0.25, -0.2) is 9.67 Å². The normalized spacial score (nSPS) is 19.5. The lowest BCUT2D eigenvalue weighted by Crippen LogP contribution is -2.48. The van der Waals surface area contributed by atoms with E-state index in [9.17, 15) is 10.1 Å². The van der Waals surface area contributed by atoms with Crippen molar-refractivity contribution in [1.29, 1.82) is 5.26 Å². The molecule has 2 unspecified atom stereocenters. The van der Waals surface area contributed by atoms with Gasteiger partial charge in [-0.3, -0.25) is 9.69 Å². The molecule has 1 amide bonds. The Balaban J connectivity index is 1.61. The Kier molecular flexibility index (Phi) is 5.93. The summed E-state index contributed by atoms with van der Waals surface area (Å²) in [5.41, 5.74) is 4.37. The fraction of sp³-hybridized carbons (Fsp3) is 0.364. The zero-order chi connectivity index (χ0) is 21.1. The minimum Gasteiger partial charge on any atom is -0.348 e. The van der Waals surface area contributed by atoms with Crippen LogP contribution in [0.3, 0.4) is 0 Å². The molecule has 1 aliphatic heterocycles. The van der Waals surface area contributed by atoms with Gasteiger partial charge in [-0.05, 0) is 38.8 Å². The summed E-state index contributed by atoms with van der Waals surface area (Å²) in [7, 11) is 0. The number of carbonyl (C=O) groups excluding carboxylic acids is 1. The average molecular weight is 421 g/mol. The minimum atomic E-state index is -0.145. The Morgan fingerprint density at radius 2 is 2.13 bits per heavy atom. The molecule has 2 atom stereocenters. The molecule has 1 N–H and O–H groups in total. The van der Waals surface area contributed by atoms with Crippen LogP contribution < -0.4 is 5.32 Å². The third kappa shape index (κ3) is 4.13. The molecule has 30 heavy (non-hydrogen) atoms. The van der Waals surface area contributed by atoms with Crippen LogP contribution in [0.2, 0.25) is 0 Å². The van der Waals surface area contributed by atoms with Gasteiger partial charge < -0.3 is 5.32 Å². The van der Waals surface area contributed by atoms with E-state index in [1.54, 1.807) is 21.8 Å². The van der Waals surface area contributed by atoms with E-state index in [1.165, 1.54) is 11.3 Å². The summed E-state index contributed by atoms with van der Waals surface area (Å²) < 4.78 is 1.77. The van der Waals surface area contributed by atoms with E-state index in [0.717, 1.165) is 24.3 Å². The van der Waals surface area contributed by atoms with Crippen molar-refractivity contribution in [2.24, 2.45) is 0 Å². The number of carbonyl (C=O) groups is 1. The summed E-state index contributed by atoms with van der Waals surface area (Å²) in [5.74, 6) is -0.145. The molecular formula is C22H24N6OS. The summed E-state index contributed by atoms with van der Waals surface area (Å²) in [5, 5.41) is 19.4. The second kappa shape index (κ2) is 8.78. The molecule has 1 aromatic carbocycles. The molecule has 0 radical (unpaired) electrons. The molecule has 0 bridgehead atoms. The first-order chi connectivity index (χ1) is 14.6. The highest BCUT2D eigenvalue weighted by molar-refractivity contribution is 7.07. The van der Waals surface area contributed by atoms with Crippen molar-refractivity contribution >= 4 is 17.2 Å². The van der Waals surface area contributed by atoms with Gasteiger partial charge in [0.15, 0.2) is 0 Å². The molecule has 154 valence electrons. The van der Waals surface area contributed by atoms with Crippen LogP contribution in [0.5, 0.6) is 0 Å². The Labute approximate surface area is 180 Å². The molecule has 3 aromatic rings. The number of nitriles is 1. The van der Waals surface area contributed by atoms with Crippen molar-refractivity contribution in [3.05, 3.63) is 64.4 Å². The summed E-state index contributed by atoms with van der Waals surface area (Å²) in [6.45, 7) is 5.14. The van der Waals surface area contributed by atoms with Gasteiger partial charge in [0.05, 0.1) is 28.5 Å². The summed E-state index contributed by atoms with van der Waals surface area (Å²) in [6, 6.07) is 12.4. The molecule has 1 saturated heterocycles. The summed E-state index contributed by atoms with van der Waals surface area (Å²) in [6.07, 6.45) is 3.35. The smallest absolute Gasteiger partial charge is 0.270 e. The molecule has 1 aliphatic rings. The molecule has 0 aliphatic carbocycles. The highest BCUT2D eigenvalue weighted by Gasteiger charge is 2.35. The third-order valence-corrected chi connectivity index (χ3v) is 6.09. The van der Waals surface area contributed by atoms with Gasteiger partial charge in [0, 0.05) is 30.2 Å². The second-order valence-corrected chi connectivity index (χ2v) is 8.45. The standard InChI is InChI=1S/C22H24N6OS/c1-15(2)27-9-8-17(25-22(29)19-13-30-14-24-19)10-20(27)21-16(11-23)12-28(26-21)18-6-4-3-5-7-18/h3-7,12-15,17,20H,8-10H2,1-2H3,(H,25,29). The van der Waals surface area contributed by atoms with E-state index in [4.69, 9.17) is 5.10 Å². The van der Waals surface area contributed by atoms with Crippen molar-refractivity contribution < 1.29 is 4.79 Å². The van der Waals surface area contributed by atoms with Crippen molar-refractivity contribution in [3.8, 4) is 11.8 Å². The molecular weight excluding hydrogens is 396 g/mol. The Hall–Kier alpha value is -3.02. The highest BCUT2D eigenvalue weighted by Crippen LogP contribution is 2.34. The number of hydrogen-bond donors (Lipinski definition) is 1. The maximum absolute atomic E-state index is 12.5. The topological polar surface area (TPSA) is 86.8 Å². The number of thiazole rings is 1. The number of benzene rings is 1. The maximum atomic E-state index is 12.5. The van der Waals surface area contributed by atoms with E-state index >= 15 is 0 Å². The predicted octanol–water partition coefficient (Wildman–Crippen LogP) is 3.54. The van der Waals surface area contributed by atoms with Gasteiger partial charge in [-0.15, -0.1) is 11.3 Å². The quantitative estimate of drug-likeness (QED) is 0.682. The van der Waals surface area contributed by atoms with Crippen molar-refractivity contribution in [2.75, 3.05) is 6.54 Å². The van der Waals surface area contributed by atoms with E-state index in [1.807, 2.05) is 30.3 Å². The largest absolute Gasteiger partial charge is 0.348 e. The molecule has 0 saturated carbocycles. The lowest BCUT2D eigenvalue weighted by molar-refractivity contribution is 0.0760. The number of aromatic nitrogens is 3. The van der Waals surface area contributed by atoms with Gasteiger partial charge >= 0.3 is 0 Å². The Morgan fingerprint density at radius 1 is 1.33 bits per heavy atom. The number of para-hydroxylation sites is 1. The second-order valence-electron chi connectivity index (χ2n) is 7.74. The van der Waals surface area contributed by atoms with Crippen LogP contribution in [0.4, 0.5) is 0 Å². The lowest BCUT2D eigenvalue weighted by Gasteiger charge is -2.41. The van der Waals surface area contributed by atoms with Crippen LogP contribution >= 0.6 is 11.3 Å². The number of piperidine rings is 1. The fourth-order valence-electron chi connectivity index (χ4n) is 4.02. The zero-order valence-electron chi connectivity index (χ0n) is 17.0. The number of hydrogen-bond acceptors (Lipinski definition) is 6. The molecule has 8 heteroatoms. The van der Waals surface area contributed by atoms with Crippen LogP contribution in [-0.4, -0.2) is 44.2 Å². The molecule has 7 nitrogen and oxygen atoms in total. The first-order valence-electron chi connectivity index (χ1n) is 10.1. The Morgan fingerprint density at radius 3 is 2.80 bits per heavy atom. The zero-order valence-corrected chi connectivity index (χ0v) is 17.8. The van der Waals surface area contributed by atoms with Gasteiger partial charge in [-0.2, -0.15) is 10.4 Å². The number of rotatable bonds is 5. The molecule has 4 rings (SSSR count). The van der Waals surface area contributed by atoms with Gasteiger partial charge in [0.2, 0.25) is 0 Å². The third-order valence-electron chi connectivity index (χ3n) is 5.51. The number of nitrogens with zero attached hydrogens (tertiary/aromatic N) is 5. The molecule has 2 aromatic heterocycles. The number of likely N-dealkylation sites (tertiary alicyclic amines) is 1. The van der Waals surface area contributed by atoms with Gasteiger partial charge in [0.1, 0.15) is 11.8 Å². The SMILES string of the molecule is CC(C)N1CCC(NC(=O)c2cscn2)CC1c1nn(-c2ccccc2)cc1C#N. The van der Waals surface area contributed by atoms with Gasteiger partial charge in [-0.1, -0.05) is 18.2 Å². The van der Waals surface area contributed by atoms with Crippen molar-refractivity contribution in [2.45, 2.75) is 44.8 Å². The average Bonchev–Trinajstić information content (AvgIpc) is 3.44. The molecule has 0 spiro atoms.